The monoisotopic (exact) mass is 422 g/mol. The summed E-state index contributed by atoms with van der Waals surface area (Å²) in [4.78, 5) is 0. The predicted octanol–water partition coefficient (Wildman–Crippen LogP) is 8.46. The summed E-state index contributed by atoms with van der Waals surface area (Å²) in [6, 6.07) is 2.92. The van der Waals surface area contributed by atoms with E-state index in [4.69, 9.17) is 11.1 Å². The Morgan fingerprint density at radius 1 is 0.458 bits per heavy atom. The molecule has 0 atom stereocenters. The van der Waals surface area contributed by atoms with E-state index in [-0.39, 0.29) is 0 Å². The van der Waals surface area contributed by atoms with Gasteiger partial charge in [0.2, 0.25) is 0 Å². The maximum absolute atomic E-state index is 6.38. The first kappa shape index (κ1) is 25.2. The largest absolute Gasteiger partial charge is 0.168 e. The zero-order chi connectivity index (χ0) is 19.1. The first-order valence-electron chi connectivity index (χ1n) is 10.4. The molecule has 0 amide bonds. The van der Waals surface area contributed by atoms with Gasteiger partial charge in [0.25, 0.3) is 0 Å². The second kappa shape index (κ2) is 10.5. The van der Waals surface area contributed by atoms with Crippen molar-refractivity contribution in [2.45, 2.75) is 122 Å². The minimum absolute atomic E-state index is 0.959. The lowest BCUT2D eigenvalue weighted by Crippen LogP contribution is -2.69. The van der Waals surface area contributed by atoms with Crippen LogP contribution < -0.4 is 0 Å². The zero-order valence-corrected chi connectivity index (χ0v) is 23.2. The Morgan fingerprint density at radius 3 is 1.04 bits per heavy atom. The number of hydrogen-bond donors (Lipinski definition) is 0. The average molecular weight is 423 g/mol. The molecule has 0 radical (unpaired) electrons. The fourth-order valence-electron chi connectivity index (χ4n) is 3.96. The Bertz CT molecular complexity index is 323. The van der Waals surface area contributed by atoms with Gasteiger partial charge in [0.05, 0.1) is 0 Å². The van der Waals surface area contributed by atoms with Gasteiger partial charge in [0.15, 0.2) is 0 Å². The molecule has 0 bridgehead atoms. The van der Waals surface area contributed by atoms with Crippen molar-refractivity contribution >= 4 is 40.8 Å². The zero-order valence-electron chi connectivity index (χ0n) is 18.4. The van der Waals surface area contributed by atoms with E-state index >= 15 is 0 Å². The minimum atomic E-state index is -1.31. The van der Waals surface area contributed by atoms with E-state index in [1.54, 1.807) is 6.04 Å². The average Bonchev–Trinajstić information content (AvgIpc) is 2.36. The van der Waals surface area contributed by atoms with Crippen LogP contribution in [0.15, 0.2) is 0 Å². The predicted molar refractivity (Wildman–Crippen MR) is 128 cm³/mol. The molecule has 0 aliphatic heterocycles. The lowest BCUT2D eigenvalue weighted by atomic mass is 10.1. The number of rotatable bonds is 13. The molecule has 0 nitrogen and oxygen atoms in total. The molecule has 0 aromatic rings. The third kappa shape index (κ3) is 9.74. The summed E-state index contributed by atoms with van der Waals surface area (Å²) in [7, 11) is -4.22. The van der Waals surface area contributed by atoms with E-state index in [1.165, 1.54) is 57.4 Å². The van der Waals surface area contributed by atoms with Crippen molar-refractivity contribution in [3.8, 4) is 0 Å². The molecular weight excluding hydrogens is 376 g/mol. The highest BCUT2D eigenvalue weighted by Gasteiger charge is 2.49. The van der Waals surface area contributed by atoms with Crippen molar-refractivity contribution in [1.29, 1.82) is 0 Å². The van der Waals surface area contributed by atoms with Gasteiger partial charge in [-0.25, -0.2) is 0 Å². The summed E-state index contributed by atoms with van der Waals surface area (Å²) in [5, 5.41) is 0. The summed E-state index contributed by atoms with van der Waals surface area (Å²) in [6.07, 6.45) is 11.6. The van der Waals surface area contributed by atoms with E-state index in [0.29, 0.717) is 0 Å². The molecule has 5 heteroatoms. The molecule has 0 fully saturated rings. The van der Waals surface area contributed by atoms with Crippen molar-refractivity contribution in [2.24, 2.45) is 0 Å². The summed E-state index contributed by atoms with van der Waals surface area (Å²) in [5.41, 5.74) is 0. The van der Waals surface area contributed by atoms with Crippen LogP contribution in [0.3, 0.4) is 0 Å². The van der Waals surface area contributed by atoms with Gasteiger partial charge in [0, 0.05) is 22.3 Å². The van der Waals surface area contributed by atoms with Crippen molar-refractivity contribution in [3.63, 3.8) is 0 Å². The molecule has 0 saturated heterocycles. The topological polar surface area (TPSA) is 0 Å². The number of hydrogen-bond acceptors (Lipinski definition) is 0. The normalized spacial score (nSPS) is 14.2. The van der Waals surface area contributed by atoms with Crippen LogP contribution in [-0.4, -0.2) is 29.7 Å². The second-order valence-corrected chi connectivity index (χ2v) is 47.2. The quantitative estimate of drug-likeness (QED) is 0.158. The Balaban J connectivity index is 3.86. The second-order valence-electron chi connectivity index (χ2n) is 10.9. The van der Waals surface area contributed by atoms with E-state index in [0.717, 1.165) is 0 Å². The van der Waals surface area contributed by atoms with Gasteiger partial charge in [-0.05, 0) is 6.04 Å². The van der Waals surface area contributed by atoms with Crippen LogP contribution in [0, 0.1) is 0 Å². The highest BCUT2D eigenvalue weighted by atomic mass is 35.6. The van der Waals surface area contributed by atoms with Crippen molar-refractivity contribution < 1.29 is 0 Å². The van der Waals surface area contributed by atoms with Crippen LogP contribution in [0.25, 0.3) is 0 Å². The molecule has 0 spiro atoms. The van der Waals surface area contributed by atoms with Gasteiger partial charge in [-0.3, -0.25) is 0 Å². The molecule has 0 aromatic heterocycles. The summed E-state index contributed by atoms with van der Waals surface area (Å²) >= 11 is 6.38. The number of unbranched alkanes of at least 4 members (excludes halogenated alkanes) is 7. The molecule has 0 aliphatic rings. The van der Waals surface area contributed by atoms with Crippen LogP contribution in [0.1, 0.15) is 51.4 Å². The van der Waals surface area contributed by atoms with Crippen LogP contribution >= 0.6 is 11.1 Å². The fourth-order valence-corrected chi connectivity index (χ4v) is 42.7. The standard InChI is InChI=1S/C19H47ClSi4/c1-21(2,3)24(9,22(4,5)6)19-17-15-13-11-10-12-14-16-18-23(7,8)20/h10-19H2,1-9H3. The van der Waals surface area contributed by atoms with Crippen LogP contribution in [0.4, 0.5) is 0 Å². The first-order chi connectivity index (χ1) is 10.7. The van der Waals surface area contributed by atoms with Crippen LogP contribution in [0.5, 0.6) is 0 Å². The van der Waals surface area contributed by atoms with Crippen molar-refractivity contribution in [3.05, 3.63) is 0 Å². The SMILES string of the molecule is C[Si](C)(Cl)CCCCCCCCCC[Si](C)([Si](C)(C)C)[Si](C)(C)C. The molecule has 0 rings (SSSR count). The molecular formula is C19H47ClSi4. The van der Waals surface area contributed by atoms with Gasteiger partial charge in [-0.1, -0.05) is 116 Å². The molecule has 0 heterocycles. The highest BCUT2D eigenvalue weighted by Crippen LogP contribution is 2.34. The molecule has 0 aromatic carbocycles. The Kier molecular flexibility index (Phi) is 11.0. The van der Waals surface area contributed by atoms with E-state index in [1.807, 2.05) is 0 Å². The summed E-state index contributed by atoms with van der Waals surface area (Å²) in [5.74, 6) is 0. The van der Waals surface area contributed by atoms with Crippen molar-refractivity contribution in [2.75, 3.05) is 0 Å². The Hall–Kier alpha value is 1.16. The molecule has 0 N–H and O–H groups in total. The van der Waals surface area contributed by atoms with E-state index in [2.05, 4.69) is 58.9 Å². The third-order valence-electron chi connectivity index (χ3n) is 6.51. The smallest absolute Gasteiger partial charge is 0.150 e. The first-order valence-corrected chi connectivity index (χ1v) is 26.3. The van der Waals surface area contributed by atoms with Gasteiger partial charge in [0.1, 0.15) is 7.38 Å². The molecule has 146 valence electrons. The lowest BCUT2D eigenvalue weighted by Gasteiger charge is -2.48. The van der Waals surface area contributed by atoms with Crippen LogP contribution in [0.2, 0.25) is 71.0 Å². The van der Waals surface area contributed by atoms with Gasteiger partial charge in [-0.2, -0.15) is 11.1 Å². The van der Waals surface area contributed by atoms with Gasteiger partial charge in [-0.15, -0.1) is 0 Å². The van der Waals surface area contributed by atoms with Crippen molar-refractivity contribution in [1.82, 2.24) is 0 Å². The van der Waals surface area contributed by atoms with Gasteiger partial charge >= 0.3 is 0 Å². The maximum Gasteiger partial charge on any atom is 0.150 e. The molecule has 0 aliphatic carbocycles. The third-order valence-corrected chi connectivity index (χ3v) is 51.5. The van der Waals surface area contributed by atoms with E-state index < -0.39 is 29.7 Å². The Labute approximate surface area is 162 Å². The van der Waals surface area contributed by atoms with E-state index in [9.17, 15) is 0 Å². The molecule has 0 saturated carbocycles. The molecule has 24 heavy (non-hydrogen) atoms. The summed E-state index contributed by atoms with van der Waals surface area (Å²) in [6.45, 7) is 23.2. The summed E-state index contributed by atoms with van der Waals surface area (Å²) < 4.78 is 0. The number of halogens is 1. The molecule has 0 unspecified atom stereocenters. The maximum atomic E-state index is 6.38. The van der Waals surface area contributed by atoms with Gasteiger partial charge < -0.3 is 0 Å². The lowest BCUT2D eigenvalue weighted by molar-refractivity contribution is 0.583. The minimum Gasteiger partial charge on any atom is -0.168 e. The fraction of sp³-hybridized carbons (Fsp3) is 1.00. The highest BCUT2D eigenvalue weighted by molar-refractivity contribution is 7.68. The Morgan fingerprint density at radius 2 is 0.750 bits per heavy atom. The van der Waals surface area contributed by atoms with Crippen LogP contribution in [-0.2, 0) is 0 Å².